The number of carbonyl (C=O) groups excluding carboxylic acids is 1. The van der Waals surface area contributed by atoms with E-state index in [0.717, 1.165) is 11.3 Å². The highest BCUT2D eigenvalue weighted by Gasteiger charge is 2.15. The van der Waals surface area contributed by atoms with Crippen LogP contribution < -0.4 is 9.47 Å². The lowest BCUT2D eigenvalue weighted by Crippen LogP contribution is -2.04. The number of rotatable bonds is 8. The minimum Gasteiger partial charge on any atom is -0.496 e. The van der Waals surface area contributed by atoms with Gasteiger partial charge in [-0.3, -0.25) is 19.6 Å². The molecule has 0 atom stereocenters. The van der Waals surface area contributed by atoms with Crippen LogP contribution in [0.15, 0.2) is 54.6 Å². The Morgan fingerprint density at radius 1 is 1.20 bits per heavy atom. The van der Waals surface area contributed by atoms with E-state index in [-0.39, 0.29) is 23.8 Å². The van der Waals surface area contributed by atoms with E-state index < -0.39 is 4.92 Å². The predicted octanol–water partition coefficient (Wildman–Crippen LogP) is 4.12. The Bertz CT molecular complexity index is 1120. The lowest BCUT2D eigenvalue weighted by atomic mass is 10.1. The molecule has 8 nitrogen and oxygen atoms in total. The second-order valence-corrected chi connectivity index (χ2v) is 6.58. The van der Waals surface area contributed by atoms with Crippen LogP contribution in [0.5, 0.6) is 11.5 Å². The molecular weight excluding hydrogens is 386 g/mol. The van der Waals surface area contributed by atoms with Crippen LogP contribution in [0.25, 0.3) is 6.08 Å². The van der Waals surface area contributed by atoms with Crippen LogP contribution in [0, 0.1) is 17.0 Å². The Hall–Kier alpha value is -3.94. The van der Waals surface area contributed by atoms with Crippen molar-refractivity contribution in [3.8, 4) is 11.5 Å². The summed E-state index contributed by atoms with van der Waals surface area (Å²) < 4.78 is 12.6. The smallest absolute Gasteiger partial charge is 0.310 e. The summed E-state index contributed by atoms with van der Waals surface area (Å²) in [5.41, 5.74) is 2.63. The SMILES string of the molecule is COc1ccc(/C=C/C(=O)c2cc(C)nn2C)cc1COc1ccccc1[N+](=O)[O-]. The van der Waals surface area contributed by atoms with Gasteiger partial charge in [0.1, 0.15) is 18.1 Å². The third-order valence-electron chi connectivity index (χ3n) is 4.43. The quantitative estimate of drug-likeness (QED) is 0.241. The van der Waals surface area contributed by atoms with Gasteiger partial charge in [0.05, 0.1) is 17.7 Å². The van der Waals surface area contributed by atoms with Gasteiger partial charge in [0.25, 0.3) is 0 Å². The van der Waals surface area contributed by atoms with E-state index in [1.54, 1.807) is 48.1 Å². The Morgan fingerprint density at radius 2 is 1.97 bits per heavy atom. The monoisotopic (exact) mass is 407 g/mol. The van der Waals surface area contributed by atoms with Crippen LogP contribution in [-0.4, -0.2) is 27.6 Å². The predicted molar refractivity (Wildman–Crippen MR) is 112 cm³/mol. The minimum absolute atomic E-state index is 0.0740. The first-order valence-corrected chi connectivity index (χ1v) is 9.15. The third kappa shape index (κ3) is 4.72. The van der Waals surface area contributed by atoms with Crippen LogP contribution in [0.4, 0.5) is 5.69 Å². The lowest BCUT2D eigenvalue weighted by Gasteiger charge is -2.11. The van der Waals surface area contributed by atoms with Gasteiger partial charge in [-0.1, -0.05) is 24.3 Å². The first-order valence-electron chi connectivity index (χ1n) is 9.15. The maximum Gasteiger partial charge on any atom is 0.310 e. The summed E-state index contributed by atoms with van der Waals surface area (Å²) in [5, 5.41) is 15.3. The van der Waals surface area contributed by atoms with Gasteiger partial charge >= 0.3 is 5.69 Å². The molecule has 0 radical (unpaired) electrons. The van der Waals surface area contributed by atoms with Crippen LogP contribution >= 0.6 is 0 Å². The molecule has 0 aliphatic rings. The van der Waals surface area contributed by atoms with Crippen molar-refractivity contribution in [1.29, 1.82) is 0 Å². The third-order valence-corrected chi connectivity index (χ3v) is 4.43. The minimum atomic E-state index is -0.489. The maximum absolute atomic E-state index is 12.4. The molecule has 1 heterocycles. The highest BCUT2D eigenvalue weighted by atomic mass is 16.6. The first-order chi connectivity index (χ1) is 14.4. The standard InChI is InChI=1S/C22H21N3O5/c1-15-12-19(24(2)23-15)20(26)10-8-16-9-11-21(29-3)17(13-16)14-30-22-7-5-4-6-18(22)25(27)28/h4-13H,14H2,1-3H3/b10-8+. The fraction of sp³-hybridized carbons (Fsp3) is 0.182. The Kier molecular flexibility index (Phi) is 6.26. The topological polar surface area (TPSA) is 96.5 Å². The van der Waals surface area contributed by atoms with Crippen molar-refractivity contribution in [3.63, 3.8) is 0 Å². The molecule has 2 aromatic carbocycles. The highest BCUT2D eigenvalue weighted by Crippen LogP contribution is 2.28. The molecule has 0 bridgehead atoms. The van der Waals surface area contributed by atoms with Crippen LogP contribution in [0.3, 0.4) is 0 Å². The van der Waals surface area contributed by atoms with Crippen molar-refractivity contribution in [3.05, 3.63) is 87.2 Å². The number of ketones is 1. The molecule has 0 N–H and O–H groups in total. The molecule has 3 aromatic rings. The van der Waals surface area contributed by atoms with Crippen molar-refractivity contribution < 1.29 is 19.2 Å². The number of benzene rings is 2. The normalized spacial score (nSPS) is 10.9. The van der Waals surface area contributed by atoms with Gasteiger partial charge < -0.3 is 9.47 Å². The van der Waals surface area contributed by atoms with E-state index in [9.17, 15) is 14.9 Å². The van der Waals surface area contributed by atoms with Gasteiger partial charge in [-0.05, 0) is 42.8 Å². The van der Waals surface area contributed by atoms with Crippen molar-refractivity contribution in [1.82, 2.24) is 9.78 Å². The molecular formula is C22H21N3O5. The number of methoxy groups -OCH3 is 1. The number of aryl methyl sites for hydroxylation is 2. The van der Waals surface area contributed by atoms with Gasteiger partial charge in [0.15, 0.2) is 5.75 Å². The first kappa shape index (κ1) is 20.8. The Labute approximate surface area is 173 Å². The Morgan fingerprint density at radius 3 is 2.63 bits per heavy atom. The highest BCUT2D eigenvalue weighted by molar-refractivity contribution is 6.05. The summed E-state index contributed by atoms with van der Waals surface area (Å²) in [4.78, 5) is 23.1. The maximum atomic E-state index is 12.4. The van der Waals surface area contributed by atoms with E-state index >= 15 is 0 Å². The van der Waals surface area contributed by atoms with Crippen molar-refractivity contribution in [2.45, 2.75) is 13.5 Å². The lowest BCUT2D eigenvalue weighted by molar-refractivity contribution is -0.385. The van der Waals surface area contributed by atoms with Crippen LogP contribution in [0.2, 0.25) is 0 Å². The van der Waals surface area contributed by atoms with Gasteiger partial charge in [0, 0.05) is 18.7 Å². The molecule has 0 unspecified atom stereocenters. The summed E-state index contributed by atoms with van der Waals surface area (Å²) in [5.74, 6) is 0.596. The molecule has 0 fully saturated rings. The molecule has 0 aliphatic heterocycles. The number of aromatic nitrogens is 2. The molecule has 154 valence electrons. The van der Waals surface area contributed by atoms with E-state index in [0.29, 0.717) is 17.0 Å². The van der Waals surface area contributed by atoms with E-state index in [1.165, 1.54) is 19.3 Å². The molecule has 0 amide bonds. The number of nitro groups is 1. The molecule has 0 spiro atoms. The second kappa shape index (κ2) is 9.04. The fourth-order valence-corrected chi connectivity index (χ4v) is 3.00. The fourth-order valence-electron chi connectivity index (χ4n) is 3.00. The number of ether oxygens (including phenoxy) is 2. The zero-order valence-electron chi connectivity index (χ0n) is 16.9. The van der Waals surface area contributed by atoms with Crippen molar-refractivity contribution in [2.24, 2.45) is 7.05 Å². The Balaban J connectivity index is 1.79. The summed E-state index contributed by atoms with van der Waals surface area (Å²) in [6, 6.07) is 13.3. The summed E-state index contributed by atoms with van der Waals surface area (Å²) in [6.45, 7) is 1.90. The van der Waals surface area contributed by atoms with Gasteiger partial charge in [-0.25, -0.2) is 0 Å². The molecule has 1 aromatic heterocycles. The summed E-state index contributed by atoms with van der Waals surface area (Å²) in [6.07, 6.45) is 3.17. The zero-order valence-corrected chi connectivity index (χ0v) is 16.9. The van der Waals surface area contributed by atoms with Gasteiger partial charge in [0.2, 0.25) is 5.78 Å². The molecule has 0 aliphatic carbocycles. The average Bonchev–Trinajstić information content (AvgIpc) is 3.08. The van der Waals surface area contributed by atoms with E-state index in [1.807, 2.05) is 19.1 Å². The number of nitrogens with zero attached hydrogens (tertiary/aromatic N) is 3. The summed E-state index contributed by atoms with van der Waals surface area (Å²) in [7, 11) is 3.26. The summed E-state index contributed by atoms with van der Waals surface area (Å²) >= 11 is 0. The van der Waals surface area contributed by atoms with Gasteiger partial charge in [-0.2, -0.15) is 5.10 Å². The number of nitro benzene ring substituents is 1. The van der Waals surface area contributed by atoms with Crippen LogP contribution in [0.1, 0.15) is 27.3 Å². The van der Waals surface area contributed by atoms with Crippen molar-refractivity contribution in [2.75, 3.05) is 7.11 Å². The van der Waals surface area contributed by atoms with E-state index in [2.05, 4.69) is 5.10 Å². The second-order valence-electron chi connectivity index (χ2n) is 6.58. The number of para-hydroxylation sites is 2. The number of allylic oxidation sites excluding steroid dienone is 1. The van der Waals surface area contributed by atoms with Crippen molar-refractivity contribution >= 4 is 17.5 Å². The zero-order chi connectivity index (χ0) is 21.7. The molecule has 30 heavy (non-hydrogen) atoms. The van der Waals surface area contributed by atoms with Crippen LogP contribution in [-0.2, 0) is 13.7 Å². The van der Waals surface area contributed by atoms with E-state index in [4.69, 9.17) is 9.47 Å². The number of hydrogen-bond acceptors (Lipinski definition) is 6. The molecule has 3 rings (SSSR count). The number of hydrogen-bond donors (Lipinski definition) is 0. The molecule has 8 heteroatoms. The largest absolute Gasteiger partial charge is 0.496 e. The number of carbonyl (C=O) groups is 1. The van der Waals surface area contributed by atoms with Gasteiger partial charge in [-0.15, -0.1) is 0 Å². The average molecular weight is 407 g/mol. The molecule has 0 saturated carbocycles. The molecule has 0 saturated heterocycles.